The third kappa shape index (κ3) is 2.33. The Morgan fingerprint density at radius 3 is 2.94 bits per heavy atom. The quantitative estimate of drug-likeness (QED) is 0.858. The van der Waals surface area contributed by atoms with Crippen LogP contribution in [0.25, 0.3) is 0 Å². The number of aromatic amines is 1. The summed E-state index contributed by atoms with van der Waals surface area (Å²) in [6, 6.07) is 3.72. The number of nitrogens with one attached hydrogen (secondary N) is 2. The molecule has 5 heteroatoms. The van der Waals surface area contributed by atoms with Gasteiger partial charge in [-0.25, -0.2) is 9.97 Å². The van der Waals surface area contributed by atoms with E-state index in [1.165, 1.54) is 0 Å². The molecule has 0 saturated heterocycles. The molecule has 0 aliphatic carbocycles. The zero-order chi connectivity index (χ0) is 11.4. The van der Waals surface area contributed by atoms with Gasteiger partial charge in [-0.15, -0.1) is 0 Å². The first-order valence-corrected chi connectivity index (χ1v) is 5.55. The average Bonchev–Trinajstić information content (AvgIpc) is 2.81. The van der Waals surface area contributed by atoms with Crippen LogP contribution >= 0.6 is 11.6 Å². The maximum atomic E-state index is 6.03. The lowest BCUT2D eigenvalue weighted by Crippen LogP contribution is -2.12. The Morgan fingerprint density at radius 1 is 1.44 bits per heavy atom. The van der Waals surface area contributed by atoms with Crippen molar-refractivity contribution in [1.29, 1.82) is 0 Å². The van der Waals surface area contributed by atoms with Gasteiger partial charge in [0.25, 0.3) is 0 Å². The summed E-state index contributed by atoms with van der Waals surface area (Å²) in [5.41, 5.74) is 0. The lowest BCUT2D eigenvalue weighted by Gasteiger charge is -2.15. The summed E-state index contributed by atoms with van der Waals surface area (Å²) < 4.78 is 0. The summed E-state index contributed by atoms with van der Waals surface area (Å²) in [7, 11) is 0. The van der Waals surface area contributed by atoms with Crippen LogP contribution in [0.2, 0.25) is 5.02 Å². The average molecular weight is 237 g/mol. The second-order valence-electron chi connectivity index (χ2n) is 3.41. The molecule has 0 aliphatic rings. The van der Waals surface area contributed by atoms with Crippen molar-refractivity contribution in [3.8, 4) is 0 Å². The Morgan fingerprint density at radius 2 is 2.31 bits per heavy atom. The largest absolute Gasteiger partial charge is 0.359 e. The topological polar surface area (TPSA) is 53.6 Å². The Balaban J connectivity index is 2.17. The highest BCUT2D eigenvalue weighted by Gasteiger charge is 2.13. The van der Waals surface area contributed by atoms with Crippen LogP contribution in [0.5, 0.6) is 0 Å². The normalized spacial score (nSPS) is 12.4. The highest BCUT2D eigenvalue weighted by Crippen LogP contribution is 2.23. The molecule has 2 aromatic rings. The molecule has 0 fully saturated rings. The van der Waals surface area contributed by atoms with E-state index >= 15 is 0 Å². The van der Waals surface area contributed by atoms with Crippen LogP contribution in [-0.4, -0.2) is 15.0 Å². The van der Waals surface area contributed by atoms with Crippen LogP contribution in [0.3, 0.4) is 0 Å². The van der Waals surface area contributed by atoms with E-state index in [-0.39, 0.29) is 6.04 Å². The van der Waals surface area contributed by atoms with Gasteiger partial charge in [0, 0.05) is 18.6 Å². The SMILES string of the molecule is CCC(Nc1ncccc1Cl)c1ncc[nH]1. The number of halogens is 1. The molecule has 2 heterocycles. The molecule has 0 bridgehead atoms. The molecule has 16 heavy (non-hydrogen) atoms. The van der Waals surface area contributed by atoms with Crippen molar-refractivity contribution in [2.45, 2.75) is 19.4 Å². The molecule has 0 aliphatic heterocycles. The van der Waals surface area contributed by atoms with Gasteiger partial charge >= 0.3 is 0 Å². The van der Waals surface area contributed by atoms with E-state index in [0.29, 0.717) is 10.8 Å². The van der Waals surface area contributed by atoms with Crippen LogP contribution in [0, 0.1) is 0 Å². The van der Waals surface area contributed by atoms with Crippen molar-refractivity contribution < 1.29 is 0 Å². The smallest absolute Gasteiger partial charge is 0.145 e. The summed E-state index contributed by atoms with van der Waals surface area (Å²) in [5.74, 6) is 1.58. The first-order chi connectivity index (χ1) is 7.81. The number of anilines is 1. The maximum absolute atomic E-state index is 6.03. The maximum Gasteiger partial charge on any atom is 0.145 e. The Kier molecular flexibility index (Phi) is 3.41. The predicted octanol–water partition coefficient (Wildman–Crippen LogP) is 3.02. The molecule has 1 atom stereocenters. The van der Waals surface area contributed by atoms with Crippen LogP contribution in [0.4, 0.5) is 5.82 Å². The van der Waals surface area contributed by atoms with Gasteiger partial charge in [0.2, 0.25) is 0 Å². The monoisotopic (exact) mass is 236 g/mol. The van der Waals surface area contributed by atoms with Gasteiger partial charge in [0.15, 0.2) is 0 Å². The summed E-state index contributed by atoms with van der Waals surface area (Å²) in [5, 5.41) is 3.88. The first kappa shape index (κ1) is 11.0. The minimum Gasteiger partial charge on any atom is -0.359 e. The van der Waals surface area contributed by atoms with Crippen LogP contribution in [0.15, 0.2) is 30.7 Å². The number of nitrogens with zero attached hydrogens (tertiary/aromatic N) is 2. The zero-order valence-electron chi connectivity index (χ0n) is 8.94. The molecule has 0 spiro atoms. The van der Waals surface area contributed by atoms with Crippen molar-refractivity contribution in [3.63, 3.8) is 0 Å². The Bertz CT molecular complexity index is 441. The Labute approximate surface area is 99.1 Å². The van der Waals surface area contributed by atoms with Crippen molar-refractivity contribution in [2.75, 3.05) is 5.32 Å². The van der Waals surface area contributed by atoms with E-state index in [2.05, 4.69) is 27.2 Å². The van der Waals surface area contributed by atoms with Gasteiger partial charge in [-0.2, -0.15) is 0 Å². The number of hydrogen-bond donors (Lipinski definition) is 2. The number of hydrogen-bond acceptors (Lipinski definition) is 3. The molecule has 0 amide bonds. The molecule has 4 nitrogen and oxygen atoms in total. The fourth-order valence-corrected chi connectivity index (χ4v) is 1.66. The highest BCUT2D eigenvalue weighted by molar-refractivity contribution is 6.32. The van der Waals surface area contributed by atoms with E-state index in [4.69, 9.17) is 11.6 Å². The number of imidazole rings is 1. The van der Waals surface area contributed by atoms with E-state index in [0.717, 1.165) is 12.2 Å². The number of aromatic nitrogens is 3. The van der Waals surface area contributed by atoms with Crippen LogP contribution < -0.4 is 5.32 Å². The molecule has 0 saturated carbocycles. The minimum absolute atomic E-state index is 0.0994. The molecule has 2 aromatic heterocycles. The molecule has 0 radical (unpaired) electrons. The van der Waals surface area contributed by atoms with Crippen LogP contribution in [-0.2, 0) is 0 Å². The molecule has 2 rings (SSSR count). The molecule has 0 aromatic carbocycles. The second-order valence-corrected chi connectivity index (χ2v) is 3.82. The summed E-state index contributed by atoms with van der Waals surface area (Å²) in [4.78, 5) is 11.5. The predicted molar refractivity (Wildman–Crippen MR) is 64.5 cm³/mol. The number of H-pyrrole nitrogens is 1. The fourth-order valence-electron chi connectivity index (χ4n) is 1.49. The zero-order valence-corrected chi connectivity index (χ0v) is 9.70. The molecule has 2 N–H and O–H groups in total. The van der Waals surface area contributed by atoms with Crippen LogP contribution in [0.1, 0.15) is 25.2 Å². The lowest BCUT2D eigenvalue weighted by molar-refractivity contribution is 0.700. The lowest BCUT2D eigenvalue weighted by atomic mass is 10.2. The van der Waals surface area contributed by atoms with Crippen molar-refractivity contribution in [3.05, 3.63) is 41.6 Å². The minimum atomic E-state index is 0.0994. The third-order valence-electron chi connectivity index (χ3n) is 2.33. The number of rotatable bonds is 4. The molecule has 84 valence electrons. The van der Waals surface area contributed by atoms with Gasteiger partial charge < -0.3 is 10.3 Å². The first-order valence-electron chi connectivity index (χ1n) is 5.17. The van der Waals surface area contributed by atoms with Gasteiger partial charge in [0.1, 0.15) is 11.6 Å². The highest BCUT2D eigenvalue weighted by atomic mass is 35.5. The molecular weight excluding hydrogens is 224 g/mol. The van der Waals surface area contributed by atoms with E-state index < -0.39 is 0 Å². The van der Waals surface area contributed by atoms with Gasteiger partial charge in [-0.05, 0) is 18.6 Å². The third-order valence-corrected chi connectivity index (χ3v) is 2.63. The van der Waals surface area contributed by atoms with E-state index in [9.17, 15) is 0 Å². The summed E-state index contributed by atoms with van der Waals surface area (Å²) in [6.07, 6.45) is 6.16. The number of pyridine rings is 1. The molecule has 1 unspecified atom stereocenters. The Hall–Kier alpha value is -1.55. The van der Waals surface area contributed by atoms with Gasteiger partial charge in [-0.3, -0.25) is 0 Å². The fraction of sp³-hybridized carbons (Fsp3) is 0.273. The van der Waals surface area contributed by atoms with Crippen molar-refractivity contribution in [2.24, 2.45) is 0 Å². The van der Waals surface area contributed by atoms with Gasteiger partial charge in [-0.1, -0.05) is 18.5 Å². The van der Waals surface area contributed by atoms with Crippen molar-refractivity contribution >= 4 is 17.4 Å². The second kappa shape index (κ2) is 4.99. The van der Waals surface area contributed by atoms with E-state index in [1.54, 1.807) is 24.7 Å². The van der Waals surface area contributed by atoms with Gasteiger partial charge in [0.05, 0.1) is 11.1 Å². The van der Waals surface area contributed by atoms with E-state index in [1.807, 2.05) is 6.07 Å². The summed E-state index contributed by atoms with van der Waals surface area (Å²) in [6.45, 7) is 2.08. The standard InChI is InChI=1S/C11H13ClN4/c1-2-9(11-14-6-7-15-11)16-10-8(12)4-3-5-13-10/h3-7,9H,2H2,1H3,(H,13,16)(H,14,15). The summed E-state index contributed by atoms with van der Waals surface area (Å²) >= 11 is 6.03. The van der Waals surface area contributed by atoms with Crippen molar-refractivity contribution in [1.82, 2.24) is 15.0 Å². The molecular formula is C11H13ClN4.